The second-order valence-corrected chi connectivity index (χ2v) is 9.27. The number of carboxylic acid groups (broad SMARTS) is 1. The quantitative estimate of drug-likeness (QED) is 0.443. The van der Waals surface area contributed by atoms with Crippen molar-refractivity contribution < 1.29 is 44.2 Å². The Labute approximate surface area is 190 Å². The molecule has 10 heteroatoms. The molecule has 1 aliphatic carbocycles. The normalized spacial score (nSPS) is 39.8. The molecular formula is C23H29NO9. The van der Waals surface area contributed by atoms with Crippen LogP contribution in [-0.4, -0.2) is 94.9 Å². The van der Waals surface area contributed by atoms with E-state index >= 15 is 0 Å². The number of aliphatic carboxylic acids is 1. The van der Waals surface area contributed by atoms with Crippen LogP contribution in [0.2, 0.25) is 0 Å². The van der Waals surface area contributed by atoms with Gasteiger partial charge < -0.3 is 44.3 Å². The number of hydrogen-bond acceptors (Lipinski definition) is 9. The molecule has 0 amide bonds. The van der Waals surface area contributed by atoms with Crippen molar-refractivity contribution in [1.82, 2.24) is 4.90 Å². The summed E-state index contributed by atoms with van der Waals surface area (Å²) in [5, 5.41) is 39.6. The van der Waals surface area contributed by atoms with Gasteiger partial charge >= 0.3 is 5.97 Å². The van der Waals surface area contributed by atoms with E-state index in [-0.39, 0.29) is 11.5 Å². The Bertz CT molecular complexity index is 967. The zero-order chi connectivity index (χ0) is 23.5. The Kier molecular flexibility index (Phi) is 5.63. The number of carboxylic acids is 1. The third kappa shape index (κ3) is 3.52. The molecule has 1 fully saturated rings. The van der Waals surface area contributed by atoms with Gasteiger partial charge in [0.25, 0.3) is 0 Å². The summed E-state index contributed by atoms with van der Waals surface area (Å²) < 4.78 is 23.2. The van der Waals surface area contributed by atoms with Crippen molar-refractivity contribution >= 4 is 5.97 Å². The minimum atomic E-state index is -1.76. The Balaban J connectivity index is 1.42. The summed E-state index contributed by atoms with van der Waals surface area (Å²) in [6.07, 6.45) is -3.76. The molecule has 3 aliphatic heterocycles. The maximum Gasteiger partial charge on any atom is 0.335 e. The summed E-state index contributed by atoms with van der Waals surface area (Å²) in [5.41, 5.74) is 1.96. The highest BCUT2D eigenvalue weighted by atomic mass is 16.7. The van der Waals surface area contributed by atoms with Crippen LogP contribution < -0.4 is 9.47 Å². The van der Waals surface area contributed by atoms with E-state index in [0.717, 1.165) is 30.8 Å². The van der Waals surface area contributed by atoms with Crippen molar-refractivity contribution in [1.29, 1.82) is 0 Å². The Morgan fingerprint density at radius 1 is 1.21 bits per heavy atom. The van der Waals surface area contributed by atoms with E-state index in [9.17, 15) is 25.2 Å². The van der Waals surface area contributed by atoms with Crippen molar-refractivity contribution in [2.24, 2.45) is 0 Å². The number of aliphatic hydroxyl groups is 3. The number of nitrogens with zero attached hydrogens (tertiary/aromatic N) is 1. The molecule has 3 heterocycles. The van der Waals surface area contributed by atoms with Crippen LogP contribution in [0.4, 0.5) is 0 Å². The van der Waals surface area contributed by atoms with Gasteiger partial charge in [-0.1, -0.05) is 18.2 Å². The first kappa shape index (κ1) is 22.6. The predicted molar refractivity (Wildman–Crippen MR) is 113 cm³/mol. The molecule has 0 bridgehead atoms. The fourth-order valence-electron chi connectivity index (χ4n) is 5.50. The van der Waals surface area contributed by atoms with Gasteiger partial charge in [0.2, 0.25) is 0 Å². The molecule has 8 atom stereocenters. The summed E-state index contributed by atoms with van der Waals surface area (Å²) in [6, 6.07) is 4.00. The van der Waals surface area contributed by atoms with E-state index in [1.807, 2.05) is 12.1 Å². The topological polar surface area (TPSA) is 138 Å². The van der Waals surface area contributed by atoms with E-state index in [2.05, 4.69) is 24.1 Å². The van der Waals surface area contributed by atoms with Gasteiger partial charge in [0.15, 0.2) is 23.9 Å². The predicted octanol–water partition coefficient (Wildman–Crippen LogP) is -0.233. The van der Waals surface area contributed by atoms with Crippen LogP contribution in [0.1, 0.15) is 24.0 Å². The Morgan fingerprint density at radius 3 is 2.73 bits per heavy atom. The molecule has 1 unspecified atom stereocenters. The van der Waals surface area contributed by atoms with Crippen LogP contribution in [-0.2, 0) is 26.2 Å². The highest BCUT2D eigenvalue weighted by Crippen LogP contribution is 2.56. The third-order valence-corrected chi connectivity index (χ3v) is 7.25. The lowest BCUT2D eigenvalue weighted by Gasteiger charge is -2.42. The number of hydrogen-bond donors (Lipinski definition) is 4. The minimum absolute atomic E-state index is 0.254. The molecule has 10 nitrogen and oxygen atoms in total. The van der Waals surface area contributed by atoms with E-state index < -0.39 is 42.8 Å². The molecule has 180 valence electrons. The van der Waals surface area contributed by atoms with E-state index in [4.69, 9.17) is 18.9 Å². The van der Waals surface area contributed by atoms with Crippen molar-refractivity contribution in [3.63, 3.8) is 0 Å². The first-order valence-corrected chi connectivity index (χ1v) is 11.1. The van der Waals surface area contributed by atoms with E-state index in [0.29, 0.717) is 12.2 Å². The highest BCUT2D eigenvalue weighted by molar-refractivity contribution is 5.73. The summed E-state index contributed by atoms with van der Waals surface area (Å²) in [5.74, 6) is -0.0404. The third-order valence-electron chi connectivity index (χ3n) is 7.25. The van der Waals surface area contributed by atoms with Crippen LogP contribution in [0.25, 0.3) is 0 Å². The smallest absolute Gasteiger partial charge is 0.335 e. The van der Waals surface area contributed by atoms with Crippen LogP contribution in [0.3, 0.4) is 0 Å². The van der Waals surface area contributed by atoms with Gasteiger partial charge in [-0.25, -0.2) is 4.79 Å². The summed E-state index contributed by atoms with van der Waals surface area (Å²) in [6.45, 7) is 1.68. The average molecular weight is 463 g/mol. The molecule has 1 aromatic carbocycles. The number of aliphatic hydroxyl groups excluding tert-OH is 3. The standard InChI is InChI=1S/C23H29NO9/c1-24-8-7-23-6-5-12(31-22-18(27)16(25)17(26)20(33-22)21(28)29)9-14(23)32-19-13(30-2)4-3-11(10-24)15(19)23/h3-6,12,14,16-18,20,22,25-27H,7-10H2,1-2H3,(H,28,29)/t12-,14-,16+,17+,18+,20?,22-,23-/m0/s1. The maximum atomic E-state index is 11.4. The van der Waals surface area contributed by atoms with Crippen molar-refractivity contribution in [3.8, 4) is 11.5 Å². The second kappa shape index (κ2) is 8.23. The van der Waals surface area contributed by atoms with E-state index in [1.54, 1.807) is 7.11 Å². The SMILES string of the molecule is COc1ccc2c3c1O[C@H]1C[C@@H](O[C@H]4OC(C(=O)O)[C@H](O)[C@@H](O)[C@H]4O)C=C[C@@]31CCN(C)C2. The van der Waals surface area contributed by atoms with Gasteiger partial charge in [0, 0.05) is 18.5 Å². The molecule has 0 saturated carbocycles. The summed E-state index contributed by atoms with van der Waals surface area (Å²) in [7, 11) is 3.70. The molecular weight excluding hydrogens is 434 g/mol. The molecule has 33 heavy (non-hydrogen) atoms. The lowest BCUT2D eigenvalue weighted by molar-refractivity contribution is -0.302. The zero-order valence-electron chi connectivity index (χ0n) is 18.5. The molecule has 0 radical (unpaired) electrons. The molecule has 1 aromatic rings. The van der Waals surface area contributed by atoms with Gasteiger partial charge in [-0.3, -0.25) is 0 Å². The number of carbonyl (C=O) groups is 1. The van der Waals surface area contributed by atoms with Crippen molar-refractivity contribution in [2.45, 2.75) is 67.7 Å². The number of rotatable bonds is 4. The van der Waals surface area contributed by atoms with Gasteiger partial charge in [-0.2, -0.15) is 0 Å². The molecule has 4 N–H and O–H groups in total. The summed E-state index contributed by atoms with van der Waals surface area (Å²) in [4.78, 5) is 13.7. The molecule has 5 rings (SSSR count). The lowest BCUT2D eigenvalue weighted by atomic mass is 9.69. The zero-order valence-corrected chi connectivity index (χ0v) is 18.5. The van der Waals surface area contributed by atoms with Crippen LogP contribution in [0, 0.1) is 0 Å². The molecule has 4 aliphatic rings. The summed E-state index contributed by atoms with van der Waals surface area (Å²) >= 11 is 0. The number of benzene rings is 1. The van der Waals surface area contributed by atoms with Crippen molar-refractivity contribution in [3.05, 3.63) is 35.4 Å². The highest BCUT2D eigenvalue weighted by Gasteiger charge is 2.54. The minimum Gasteiger partial charge on any atom is -0.493 e. The Morgan fingerprint density at radius 2 is 2.00 bits per heavy atom. The fraction of sp³-hybridized carbons (Fsp3) is 0.609. The molecule has 1 spiro atoms. The Hall–Kier alpha value is -2.21. The average Bonchev–Trinajstić information content (AvgIpc) is 3.05. The first-order valence-electron chi connectivity index (χ1n) is 11.1. The molecule has 1 saturated heterocycles. The van der Waals surface area contributed by atoms with Crippen LogP contribution >= 0.6 is 0 Å². The number of ether oxygens (including phenoxy) is 4. The first-order chi connectivity index (χ1) is 15.7. The van der Waals surface area contributed by atoms with Gasteiger partial charge in [-0.05, 0) is 31.6 Å². The van der Waals surface area contributed by atoms with Crippen molar-refractivity contribution in [2.75, 3.05) is 20.7 Å². The van der Waals surface area contributed by atoms with Gasteiger partial charge in [0.1, 0.15) is 24.4 Å². The van der Waals surface area contributed by atoms with Crippen LogP contribution in [0.15, 0.2) is 24.3 Å². The monoisotopic (exact) mass is 463 g/mol. The number of methoxy groups -OCH3 is 1. The molecule has 0 aromatic heterocycles. The fourth-order valence-corrected chi connectivity index (χ4v) is 5.50. The second-order valence-electron chi connectivity index (χ2n) is 9.27. The van der Waals surface area contributed by atoms with E-state index in [1.165, 1.54) is 5.56 Å². The van der Waals surface area contributed by atoms with Crippen LogP contribution in [0.5, 0.6) is 11.5 Å². The van der Waals surface area contributed by atoms with Gasteiger partial charge in [0.05, 0.1) is 18.6 Å². The lowest BCUT2D eigenvalue weighted by Crippen LogP contribution is -2.61. The van der Waals surface area contributed by atoms with Gasteiger partial charge in [-0.15, -0.1) is 0 Å². The largest absolute Gasteiger partial charge is 0.493 e. The maximum absolute atomic E-state index is 11.4.